The Hall–Kier alpha value is -2.97. The van der Waals surface area contributed by atoms with E-state index in [0.29, 0.717) is 17.4 Å². The first kappa shape index (κ1) is 21.3. The van der Waals surface area contributed by atoms with E-state index in [2.05, 4.69) is 10.6 Å². The minimum atomic E-state index is -0.917. The average Bonchev–Trinajstić information content (AvgIpc) is 3.55. The Morgan fingerprint density at radius 2 is 1.94 bits per heavy atom. The fraction of sp³-hybridized carbons (Fsp3) is 0.435. The molecular weight excluding hydrogens is 398 g/mol. The number of rotatable bonds is 6. The van der Waals surface area contributed by atoms with E-state index >= 15 is 0 Å². The number of aliphatic hydroxyl groups is 1. The largest absolute Gasteiger partial charge is 0.484 e. The molecule has 1 saturated carbocycles. The number of nitrogens with one attached hydrogen (secondary N) is 2. The summed E-state index contributed by atoms with van der Waals surface area (Å²) in [6.45, 7) is 5.26. The van der Waals surface area contributed by atoms with Crippen LogP contribution in [0, 0.1) is 10.1 Å². The molecule has 1 heterocycles. The first-order chi connectivity index (χ1) is 14.7. The molecule has 0 radical (unpaired) electrons. The maximum absolute atomic E-state index is 12.9. The van der Waals surface area contributed by atoms with Crippen molar-refractivity contribution < 1.29 is 19.6 Å². The molecule has 3 atom stereocenters. The lowest BCUT2D eigenvalue weighted by atomic mass is 9.86. The van der Waals surface area contributed by atoms with Crippen molar-refractivity contribution in [1.82, 2.24) is 5.32 Å². The number of nitrogens with zero attached hydrogens (tertiary/aromatic N) is 1. The van der Waals surface area contributed by atoms with Crippen LogP contribution in [0.1, 0.15) is 56.7 Å². The maximum atomic E-state index is 12.9. The standard InChI is InChI=1S/C23H27N3O5/c1-13(14-7-5-4-6-8-14)22(28)25-17-11-16-19(12-18(17)26(29)30)31-23(2,3)21(27)20(16)24-15-9-10-15/h4-8,11-13,15,20-21,24,27H,9-10H2,1-3H3,(H,25,28). The predicted molar refractivity (Wildman–Crippen MR) is 116 cm³/mol. The number of hydrogen-bond acceptors (Lipinski definition) is 6. The van der Waals surface area contributed by atoms with E-state index < -0.39 is 28.6 Å². The van der Waals surface area contributed by atoms with Crippen molar-refractivity contribution >= 4 is 17.3 Å². The number of fused-ring (bicyclic) bond motifs is 1. The number of nitro groups is 1. The Kier molecular flexibility index (Phi) is 5.45. The second kappa shape index (κ2) is 7.94. The summed E-state index contributed by atoms with van der Waals surface area (Å²) in [4.78, 5) is 24.1. The summed E-state index contributed by atoms with van der Waals surface area (Å²) in [5, 5.41) is 28.8. The fourth-order valence-electron chi connectivity index (χ4n) is 3.90. The molecule has 2 aliphatic rings. The van der Waals surface area contributed by atoms with E-state index in [0.717, 1.165) is 18.4 Å². The van der Waals surface area contributed by atoms with Crippen molar-refractivity contribution in [3.63, 3.8) is 0 Å². The van der Waals surface area contributed by atoms with Crippen LogP contribution in [0.2, 0.25) is 0 Å². The number of aliphatic hydroxyl groups excluding tert-OH is 1. The molecule has 31 heavy (non-hydrogen) atoms. The molecule has 2 aromatic carbocycles. The monoisotopic (exact) mass is 425 g/mol. The zero-order chi connectivity index (χ0) is 22.3. The van der Waals surface area contributed by atoms with Crippen LogP contribution in [0.3, 0.4) is 0 Å². The summed E-state index contributed by atoms with van der Waals surface area (Å²) in [5.74, 6) is -0.495. The van der Waals surface area contributed by atoms with Crippen LogP contribution in [-0.2, 0) is 4.79 Å². The Bertz CT molecular complexity index is 1000. The van der Waals surface area contributed by atoms with Gasteiger partial charge in [0, 0.05) is 11.6 Å². The first-order valence-corrected chi connectivity index (χ1v) is 10.5. The van der Waals surface area contributed by atoms with Crippen molar-refractivity contribution in [3.05, 3.63) is 63.7 Å². The van der Waals surface area contributed by atoms with Crippen LogP contribution in [0.4, 0.5) is 11.4 Å². The number of amides is 1. The van der Waals surface area contributed by atoms with Crippen LogP contribution < -0.4 is 15.4 Å². The molecule has 8 nitrogen and oxygen atoms in total. The van der Waals surface area contributed by atoms with Crippen molar-refractivity contribution in [1.29, 1.82) is 0 Å². The van der Waals surface area contributed by atoms with Crippen LogP contribution >= 0.6 is 0 Å². The van der Waals surface area contributed by atoms with Crippen molar-refractivity contribution in [2.24, 2.45) is 0 Å². The zero-order valence-corrected chi connectivity index (χ0v) is 17.8. The molecule has 0 saturated heterocycles. The molecular formula is C23H27N3O5. The molecule has 3 N–H and O–H groups in total. The van der Waals surface area contributed by atoms with E-state index in [4.69, 9.17) is 4.74 Å². The smallest absolute Gasteiger partial charge is 0.296 e. The highest BCUT2D eigenvalue weighted by molar-refractivity contribution is 5.97. The molecule has 1 amide bonds. The van der Waals surface area contributed by atoms with Crippen LogP contribution in [0.15, 0.2) is 42.5 Å². The number of anilines is 1. The highest BCUT2D eigenvalue weighted by Crippen LogP contribution is 2.45. The minimum absolute atomic E-state index is 0.0923. The maximum Gasteiger partial charge on any atom is 0.296 e. The van der Waals surface area contributed by atoms with Gasteiger partial charge in [-0.1, -0.05) is 30.3 Å². The summed E-state index contributed by atoms with van der Waals surface area (Å²) in [5.41, 5.74) is 0.348. The molecule has 4 rings (SSSR count). The number of benzene rings is 2. The molecule has 1 fully saturated rings. The quantitative estimate of drug-likeness (QED) is 0.481. The Morgan fingerprint density at radius 3 is 2.55 bits per heavy atom. The highest BCUT2D eigenvalue weighted by atomic mass is 16.6. The third kappa shape index (κ3) is 4.26. The molecule has 2 aromatic rings. The Labute approximate surface area is 180 Å². The van der Waals surface area contributed by atoms with Gasteiger partial charge in [0.25, 0.3) is 5.69 Å². The molecule has 164 valence electrons. The average molecular weight is 425 g/mol. The van der Waals surface area contributed by atoms with Crippen molar-refractivity contribution in [2.45, 2.75) is 63.3 Å². The lowest BCUT2D eigenvalue weighted by Crippen LogP contribution is -2.53. The number of carbonyl (C=O) groups excluding carboxylic acids is 1. The summed E-state index contributed by atoms with van der Waals surface area (Å²) < 4.78 is 5.92. The van der Waals surface area contributed by atoms with Gasteiger partial charge in [-0.3, -0.25) is 14.9 Å². The minimum Gasteiger partial charge on any atom is -0.484 e. The number of ether oxygens (including phenoxy) is 1. The van der Waals surface area contributed by atoms with Gasteiger partial charge in [-0.15, -0.1) is 0 Å². The third-order valence-corrected chi connectivity index (χ3v) is 6.00. The van der Waals surface area contributed by atoms with Crippen LogP contribution in [-0.4, -0.2) is 33.7 Å². The van der Waals surface area contributed by atoms with Gasteiger partial charge in [0.2, 0.25) is 5.91 Å². The lowest BCUT2D eigenvalue weighted by molar-refractivity contribution is -0.384. The van der Waals surface area contributed by atoms with E-state index in [1.54, 1.807) is 26.8 Å². The van der Waals surface area contributed by atoms with Gasteiger partial charge in [-0.05, 0) is 45.2 Å². The summed E-state index contributed by atoms with van der Waals surface area (Å²) >= 11 is 0. The molecule has 0 bridgehead atoms. The van der Waals surface area contributed by atoms with E-state index in [1.165, 1.54) is 6.07 Å². The third-order valence-electron chi connectivity index (χ3n) is 6.00. The predicted octanol–water partition coefficient (Wildman–Crippen LogP) is 3.66. The van der Waals surface area contributed by atoms with Gasteiger partial charge in [-0.2, -0.15) is 0 Å². The SMILES string of the molecule is CC(C(=O)Nc1cc2c(cc1[N+](=O)[O-])OC(C)(C)C(O)C2NC1CC1)c1ccccc1. The fourth-order valence-corrected chi connectivity index (χ4v) is 3.90. The lowest BCUT2D eigenvalue weighted by Gasteiger charge is -2.42. The zero-order valence-electron chi connectivity index (χ0n) is 17.8. The molecule has 8 heteroatoms. The topological polar surface area (TPSA) is 114 Å². The van der Waals surface area contributed by atoms with E-state index in [-0.39, 0.29) is 17.3 Å². The number of hydrogen-bond donors (Lipinski definition) is 3. The van der Waals surface area contributed by atoms with Crippen molar-refractivity contribution in [2.75, 3.05) is 5.32 Å². The molecule has 1 aliphatic heterocycles. The van der Waals surface area contributed by atoms with Crippen molar-refractivity contribution in [3.8, 4) is 5.75 Å². The summed E-state index contributed by atoms with van der Waals surface area (Å²) in [6.07, 6.45) is 1.18. The van der Waals surface area contributed by atoms with Gasteiger partial charge in [0.1, 0.15) is 23.1 Å². The van der Waals surface area contributed by atoms with Gasteiger partial charge in [-0.25, -0.2) is 0 Å². The van der Waals surface area contributed by atoms with Crippen LogP contribution in [0.25, 0.3) is 0 Å². The van der Waals surface area contributed by atoms with E-state index in [1.807, 2.05) is 30.3 Å². The Morgan fingerprint density at radius 1 is 1.26 bits per heavy atom. The molecule has 1 aliphatic carbocycles. The van der Waals surface area contributed by atoms with Gasteiger partial charge in [0.05, 0.1) is 22.9 Å². The van der Waals surface area contributed by atoms with E-state index in [9.17, 15) is 20.0 Å². The second-order valence-electron chi connectivity index (χ2n) is 8.85. The molecule has 0 aromatic heterocycles. The molecule has 3 unspecified atom stereocenters. The van der Waals surface area contributed by atoms with Gasteiger partial charge < -0.3 is 20.5 Å². The Balaban J connectivity index is 1.70. The number of nitro benzene ring substituents is 1. The van der Waals surface area contributed by atoms with Gasteiger partial charge >= 0.3 is 0 Å². The van der Waals surface area contributed by atoms with Crippen LogP contribution in [0.5, 0.6) is 5.75 Å². The van der Waals surface area contributed by atoms with Gasteiger partial charge in [0.15, 0.2) is 0 Å². The molecule has 0 spiro atoms. The number of carbonyl (C=O) groups is 1. The first-order valence-electron chi connectivity index (χ1n) is 10.5. The second-order valence-corrected chi connectivity index (χ2v) is 8.85. The highest BCUT2D eigenvalue weighted by Gasteiger charge is 2.45. The normalized spacial score (nSPS) is 22.7. The summed E-state index contributed by atoms with van der Waals surface area (Å²) in [7, 11) is 0. The summed E-state index contributed by atoms with van der Waals surface area (Å²) in [6, 6.07) is 12.0.